The van der Waals surface area contributed by atoms with Gasteiger partial charge in [0.15, 0.2) is 0 Å². The zero-order valence-corrected chi connectivity index (χ0v) is 14.2. The van der Waals surface area contributed by atoms with Gasteiger partial charge in [-0.05, 0) is 75.2 Å². The highest BCUT2D eigenvalue weighted by Gasteiger charge is 2.58. The van der Waals surface area contributed by atoms with Crippen molar-refractivity contribution in [2.24, 2.45) is 29.4 Å². The first-order valence-electron chi connectivity index (χ1n) is 9.13. The molecule has 0 spiro atoms. The Morgan fingerprint density at radius 1 is 1.09 bits per heavy atom. The van der Waals surface area contributed by atoms with Crippen molar-refractivity contribution in [3.05, 3.63) is 35.4 Å². The molecule has 5 rings (SSSR count). The highest BCUT2D eigenvalue weighted by atomic mass is 16.2. The van der Waals surface area contributed by atoms with E-state index in [-0.39, 0.29) is 11.9 Å². The fourth-order valence-electron chi connectivity index (χ4n) is 5.59. The van der Waals surface area contributed by atoms with Gasteiger partial charge in [0, 0.05) is 0 Å². The first kappa shape index (κ1) is 15.2. The van der Waals surface area contributed by atoms with Crippen molar-refractivity contribution in [3.8, 4) is 0 Å². The maximum Gasteiger partial charge on any atom is 0.241 e. The molecule has 23 heavy (non-hydrogen) atoms. The highest BCUT2D eigenvalue weighted by molar-refractivity contribution is 5.87. The second-order valence-electron chi connectivity index (χ2n) is 8.34. The minimum atomic E-state index is -0.633. The molecule has 4 aliphatic rings. The molecule has 124 valence electrons. The van der Waals surface area contributed by atoms with Crippen molar-refractivity contribution in [1.82, 2.24) is 5.32 Å². The fraction of sp³-hybridized carbons (Fsp3) is 0.650. The number of nitrogens with two attached hydrogens (primary N) is 1. The van der Waals surface area contributed by atoms with Gasteiger partial charge in [-0.25, -0.2) is 0 Å². The number of hydrogen-bond acceptors (Lipinski definition) is 2. The molecule has 3 N–H and O–H groups in total. The number of rotatable bonds is 3. The summed E-state index contributed by atoms with van der Waals surface area (Å²) in [6, 6.07) is 8.40. The predicted octanol–water partition coefficient (Wildman–Crippen LogP) is 3.33. The van der Waals surface area contributed by atoms with Crippen LogP contribution in [0.3, 0.4) is 0 Å². The van der Waals surface area contributed by atoms with Crippen molar-refractivity contribution in [2.45, 2.75) is 57.5 Å². The van der Waals surface area contributed by atoms with Crippen LogP contribution >= 0.6 is 0 Å². The number of hydrogen-bond donors (Lipinski definition) is 2. The van der Waals surface area contributed by atoms with Gasteiger partial charge in [-0.3, -0.25) is 4.79 Å². The van der Waals surface area contributed by atoms with Crippen LogP contribution in [-0.4, -0.2) is 11.4 Å². The third-order valence-electron chi connectivity index (χ3n) is 6.81. The lowest BCUT2D eigenvalue weighted by molar-refractivity contribution is -0.143. The molecule has 1 unspecified atom stereocenters. The highest BCUT2D eigenvalue weighted by Crippen LogP contribution is 2.57. The Labute approximate surface area is 139 Å². The van der Waals surface area contributed by atoms with Gasteiger partial charge in [0.1, 0.15) is 5.54 Å². The summed E-state index contributed by atoms with van der Waals surface area (Å²) in [5, 5.41) is 3.22. The minimum absolute atomic E-state index is 0.0145. The van der Waals surface area contributed by atoms with Crippen LogP contribution in [0.4, 0.5) is 0 Å². The van der Waals surface area contributed by atoms with Gasteiger partial charge in [0.05, 0.1) is 6.04 Å². The van der Waals surface area contributed by atoms with Crippen LogP contribution in [0.25, 0.3) is 0 Å². The van der Waals surface area contributed by atoms with Crippen molar-refractivity contribution < 1.29 is 4.79 Å². The maximum atomic E-state index is 13.1. The molecule has 4 saturated carbocycles. The van der Waals surface area contributed by atoms with Crippen molar-refractivity contribution in [2.75, 3.05) is 0 Å². The lowest BCUT2D eigenvalue weighted by Gasteiger charge is -2.58. The molecular weight excluding hydrogens is 284 g/mol. The normalized spacial score (nSPS) is 39.3. The quantitative estimate of drug-likeness (QED) is 0.899. The maximum absolute atomic E-state index is 13.1. The molecule has 4 aliphatic carbocycles. The van der Waals surface area contributed by atoms with Crippen LogP contribution in [0, 0.1) is 30.6 Å². The molecule has 1 aromatic rings. The molecule has 0 radical (unpaired) electrons. The molecule has 0 saturated heterocycles. The van der Waals surface area contributed by atoms with Crippen LogP contribution in [-0.2, 0) is 4.79 Å². The van der Waals surface area contributed by atoms with E-state index >= 15 is 0 Å². The number of carbonyl (C=O) groups is 1. The summed E-state index contributed by atoms with van der Waals surface area (Å²) >= 11 is 0. The topological polar surface area (TPSA) is 55.1 Å². The van der Waals surface area contributed by atoms with Crippen molar-refractivity contribution in [1.29, 1.82) is 0 Å². The third kappa shape index (κ3) is 2.40. The molecule has 3 heteroatoms. The molecule has 0 aromatic heterocycles. The van der Waals surface area contributed by atoms with Gasteiger partial charge in [0.25, 0.3) is 0 Å². The second-order valence-corrected chi connectivity index (χ2v) is 8.34. The smallest absolute Gasteiger partial charge is 0.241 e. The first-order valence-corrected chi connectivity index (χ1v) is 9.13. The summed E-state index contributed by atoms with van der Waals surface area (Å²) in [6.45, 7) is 4.14. The first-order chi connectivity index (χ1) is 11.0. The average Bonchev–Trinajstić information content (AvgIpc) is 2.52. The van der Waals surface area contributed by atoms with Gasteiger partial charge in [-0.1, -0.05) is 29.8 Å². The number of carbonyl (C=O) groups excluding carboxylic acids is 1. The number of amides is 1. The van der Waals surface area contributed by atoms with Crippen LogP contribution in [0.2, 0.25) is 0 Å². The van der Waals surface area contributed by atoms with Gasteiger partial charge in [-0.15, -0.1) is 0 Å². The molecular formula is C20H28N2O. The molecule has 1 aromatic carbocycles. The fourth-order valence-corrected chi connectivity index (χ4v) is 5.59. The van der Waals surface area contributed by atoms with Crippen molar-refractivity contribution >= 4 is 5.91 Å². The van der Waals surface area contributed by atoms with Crippen LogP contribution in [0.1, 0.15) is 56.2 Å². The largest absolute Gasteiger partial charge is 0.348 e. The van der Waals surface area contributed by atoms with E-state index in [1.54, 1.807) is 0 Å². The molecule has 4 bridgehead atoms. The summed E-state index contributed by atoms with van der Waals surface area (Å²) in [4.78, 5) is 13.1. The Morgan fingerprint density at radius 3 is 2.13 bits per heavy atom. The summed E-state index contributed by atoms with van der Waals surface area (Å²) < 4.78 is 0. The van der Waals surface area contributed by atoms with Crippen LogP contribution < -0.4 is 11.1 Å². The van der Waals surface area contributed by atoms with E-state index in [4.69, 9.17) is 5.73 Å². The average molecular weight is 312 g/mol. The molecule has 3 nitrogen and oxygen atoms in total. The van der Waals surface area contributed by atoms with Crippen LogP contribution in [0.15, 0.2) is 24.3 Å². The Hall–Kier alpha value is -1.35. The zero-order valence-electron chi connectivity index (χ0n) is 14.2. The number of benzene rings is 1. The lowest BCUT2D eigenvalue weighted by atomic mass is 9.48. The summed E-state index contributed by atoms with van der Waals surface area (Å²) in [7, 11) is 0. The molecule has 0 heterocycles. The van der Waals surface area contributed by atoms with E-state index < -0.39 is 5.54 Å². The van der Waals surface area contributed by atoms with E-state index in [9.17, 15) is 4.79 Å². The van der Waals surface area contributed by atoms with Gasteiger partial charge in [-0.2, -0.15) is 0 Å². The second kappa shape index (κ2) is 5.34. The molecule has 1 atom stereocenters. The van der Waals surface area contributed by atoms with Crippen LogP contribution in [0.5, 0.6) is 0 Å². The molecule has 1 amide bonds. The van der Waals surface area contributed by atoms with E-state index in [0.717, 1.165) is 43.1 Å². The lowest BCUT2D eigenvalue weighted by Crippen LogP contribution is -2.69. The molecule has 0 aliphatic heterocycles. The third-order valence-corrected chi connectivity index (χ3v) is 6.81. The standard InChI is InChI=1S/C20H28N2O/c1-12-3-5-16(6-4-12)13(2)22-19(23)20(21)17-8-14-7-15(10-17)11-18(20)9-14/h3-6,13-15,17-18H,7-11,21H2,1-2H3,(H,22,23). The summed E-state index contributed by atoms with van der Waals surface area (Å²) in [5.74, 6) is 2.53. The molecule has 4 fully saturated rings. The Bertz CT molecular complexity index is 579. The Kier molecular flexibility index (Phi) is 3.53. The number of aryl methyl sites for hydroxylation is 1. The van der Waals surface area contributed by atoms with E-state index in [1.165, 1.54) is 12.0 Å². The summed E-state index contributed by atoms with van der Waals surface area (Å²) in [6.07, 6.45) is 6.03. The Morgan fingerprint density at radius 2 is 1.61 bits per heavy atom. The predicted molar refractivity (Wildman–Crippen MR) is 91.7 cm³/mol. The van der Waals surface area contributed by atoms with Gasteiger partial charge >= 0.3 is 0 Å². The van der Waals surface area contributed by atoms with Crippen molar-refractivity contribution in [3.63, 3.8) is 0 Å². The monoisotopic (exact) mass is 312 g/mol. The minimum Gasteiger partial charge on any atom is -0.348 e. The van der Waals surface area contributed by atoms with E-state index in [0.29, 0.717) is 11.8 Å². The van der Waals surface area contributed by atoms with E-state index in [1.807, 2.05) is 0 Å². The SMILES string of the molecule is Cc1ccc(C(C)NC(=O)C2(N)C3CC4CC(C3)CC2C4)cc1. The summed E-state index contributed by atoms with van der Waals surface area (Å²) in [5.41, 5.74) is 8.53. The van der Waals surface area contributed by atoms with E-state index in [2.05, 4.69) is 43.4 Å². The van der Waals surface area contributed by atoms with Gasteiger partial charge in [0.2, 0.25) is 5.91 Å². The zero-order chi connectivity index (χ0) is 16.2. The number of nitrogens with one attached hydrogen (secondary N) is 1. The Balaban J connectivity index is 1.51. The van der Waals surface area contributed by atoms with Gasteiger partial charge < -0.3 is 11.1 Å².